The highest BCUT2D eigenvalue weighted by molar-refractivity contribution is 6.06. The van der Waals surface area contributed by atoms with E-state index in [1.165, 1.54) is 0 Å². The maximum absolute atomic E-state index is 9.62. The summed E-state index contributed by atoms with van der Waals surface area (Å²) < 4.78 is 12.5. The minimum absolute atomic E-state index is 0.274. The summed E-state index contributed by atoms with van der Waals surface area (Å²) in [5, 5.41) is 14.0. The number of aromatic nitrogens is 2. The summed E-state index contributed by atoms with van der Waals surface area (Å²) in [7, 11) is 7.30. The van der Waals surface area contributed by atoms with E-state index in [0.717, 1.165) is 28.3 Å². The fourth-order valence-electron chi connectivity index (χ4n) is 2.53. The minimum atomic E-state index is 0.274. The molecule has 0 bridgehead atoms. The van der Waals surface area contributed by atoms with Gasteiger partial charge in [0.25, 0.3) is 0 Å². The Kier molecular flexibility index (Phi) is 4.18. The molecule has 0 saturated heterocycles. The standard InChI is InChI=1S/C16H18BN3O2/c1-8-9(2)15(21-12(8)5)13(7-18)16(22-17)14-10(3)19-20(6)11(14)4/h1-6H3. The van der Waals surface area contributed by atoms with Crippen LogP contribution in [0.15, 0.2) is 4.42 Å². The van der Waals surface area contributed by atoms with E-state index in [2.05, 4.69) is 11.2 Å². The molecule has 6 heteroatoms. The van der Waals surface area contributed by atoms with E-state index in [9.17, 15) is 5.26 Å². The molecule has 0 N–H and O–H groups in total. The predicted octanol–water partition coefficient (Wildman–Crippen LogP) is 3.05. The molecule has 0 fully saturated rings. The Bertz CT molecular complexity index is 806. The summed E-state index contributed by atoms with van der Waals surface area (Å²) in [6.07, 6.45) is 0. The predicted molar refractivity (Wildman–Crippen MR) is 84.9 cm³/mol. The molecule has 0 spiro atoms. The van der Waals surface area contributed by atoms with Gasteiger partial charge in [0.05, 0.1) is 11.3 Å². The molecule has 2 rings (SSSR count). The van der Waals surface area contributed by atoms with E-state index in [1.807, 2.05) is 41.7 Å². The van der Waals surface area contributed by atoms with E-state index in [-0.39, 0.29) is 11.3 Å². The van der Waals surface area contributed by atoms with E-state index in [4.69, 9.17) is 17.1 Å². The van der Waals surface area contributed by atoms with Gasteiger partial charge in [-0.25, -0.2) is 0 Å². The van der Waals surface area contributed by atoms with Gasteiger partial charge in [-0.1, -0.05) is 0 Å². The van der Waals surface area contributed by atoms with Crippen LogP contribution in [0.5, 0.6) is 0 Å². The van der Waals surface area contributed by atoms with E-state index < -0.39 is 0 Å². The van der Waals surface area contributed by atoms with Gasteiger partial charge in [0, 0.05) is 12.7 Å². The Morgan fingerprint density at radius 2 is 1.86 bits per heavy atom. The van der Waals surface area contributed by atoms with Crippen LogP contribution >= 0.6 is 0 Å². The Morgan fingerprint density at radius 3 is 2.23 bits per heavy atom. The molecule has 0 aliphatic heterocycles. The molecule has 2 radical (unpaired) electrons. The first-order valence-electron chi connectivity index (χ1n) is 6.92. The van der Waals surface area contributed by atoms with Crippen molar-refractivity contribution in [2.24, 2.45) is 7.05 Å². The van der Waals surface area contributed by atoms with Crippen LogP contribution in [-0.4, -0.2) is 17.8 Å². The molecule has 0 aromatic carbocycles. The van der Waals surface area contributed by atoms with E-state index in [1.54, 1.807) is 4.68 Å². The zero-order valence-corrected chi connectivity index (χ0v) is 13.7. The zero-order valence-electron chi connectivity index (χ0n) is 13.7. The summed E-state index contributed by atoms with van der Waals surface area (Å²) in [5.74, 6) is 1.54. The number of nitriles is 1. The Labute approximate surface area is 131 Å². The van der Waals surface area contributed by atoms with Gasteiger partial charge in [0.1, 0.15) is 23.2 Å². The lowest BCUT2D eigenvalue weighted by atomic mass is 10.0. The van der Waals surface area contributed by atoms with E-state index >= 15 is 0 Å². The molecule has 0 aliphatic carbocycles. The highest BCUT2D eigenvalue weighted by atomic mass is 16.4. The van der Waals surface area contributed by atoms with Crippen LogP contribution < -0.4 is 0 Å². The molecule has 2 aromatic heterocycles. The van der Waals surface area contributed by atoms with Gasteiger partial charge >= 0.3 is 8.05 Å². The topological polar surface area (TPSA) is 64.0 Å². The highest BCUT2D eigenvalue weighted by Gasteiger charge is 2.24. The first-order chi connectivity index (χ1) is 10.3. The molecule has 0 unspecified atom stereocenters. The van der Waals surface area contributed by atoms with Crippen LogP contribution in [0.2, 0.25) is 0 Å². The fraction of sp³-hybridized carbons (Fsp3) is 0.375. The molecule has 0 atom stereocenters. The molecule has 2 heterocycles. The number of aryl methyl sites for hydroxylation is 3. The largest absolute Gasteiger partial charge is 0.566 e. The monoisotopic (exact) mass is 295 g/mol. The smallest absolute Gasteiger partial charge is 0.374 e. The van der Waals surface area contributed by atoms with Gasteiger partial charge < -0.3 is 9.07 Å². The lowest BCUT2D eigenvalue weighted by Gasteiger charge is -2.10. The quantitative estimate of drug-likeness (QED) is 0.496. The molecule has 0 aliphatic rings. The summed E-state index contributed by atoms with van der Waals surface area (Å²) >= 11 is 0. The Hall–Kier alpha value is -2.42. The van der Waals surface area contributed by atoms with Crippen molar-refractivity contribution < 1.29 is 9.07 Å². The molecule has 5 nitrogen and oxygen atoms in total. The van der Waals surface area contributed by atoms with Crippen molar-refractivity contribution in [3.8, 4) is 6.07 Å². The third kappa shape index (κ3) is 2.33. The summed E-state index contributed by atoms with van der Waals surface area (Å²) in [4.78, 5) is 0. The van der Waals surface area contributed by atoms with Crippen molar-refractivity contribution in [2.75, 3.05) is 0 Å². The van der Waals surface area contributed by atoms with Gasteiger partial charge in [-0.05, 0) is 45.7 Å². The normalized spacial score (nSPS) is 12.0. The first-order valence-corrected chi connectivity index (χ1v) is 6.92. The van der Waals surface area contributed by atoms with Gasteiger partial charge in [-0.15, -0.1) is 0 Å². The molecular formula is C16H18BN3O2. The van der Waals surface area contributed by atoms with E-state index in [0.29, 0.717) is 11.3 Å². The molecule has 0 saturated carbocycles. The lowest BCUT2D eigenvalue weighted by molar-refractivity contribution is 0.515. The zero-order chi connectivity index (χ0) is 16.6. The van der Waals surface area contributed by atoms with Gasteiger partial charge in [-0.2, -0.15) is 10.4 Å². The molecule has 2 aromatic rings. The van der Waals surface area contributed by atoms with Gasteiger partial charge in [0.2, 0.25) is 0 Å². The average molecular weight is 295 g/mol. The van der Waals surface area contributed by atoms with Crippen LogP contribution in [0.3, 0.4) is 0 Å². The number of rotatable bonds is 3. The second-order valence-electron chi connectivity index (χ2n) is 5.34. The van der Waals surface area contributed by atoms with Crippen LogP contribution in [0.1, 0.15) is 39.6 Å². The van der Waals surface area contributed by atoms with Crippen molar-refractivity contribution in [3.63, 3.8) is 0 Å². The Balaban J connectivity index is 2.80. The third-order valence-electron chi connectivity index (χ3n) is 4.11. The van der Waals surface area contributed by atoms with Crippen LogP contribution in [-0.2, 0) is 11.7 Å². The SMILES string of the molecule is [B]OC(=C(C#N)c1oc(C)c(C)c1C)c1c(C)nn(C)c1C. The number of furan rings is 1. The maximum atomic E-state index is 9.62. The van der Waals surface area contributed by atoms with Crippen molar-refractivity contribution in [2.45, 2.75) is 34.6 Å². The number of allylic oxidation sites excluding steroid dienone is 1. The van der Waals surface area contributed by atoms with Crippen molar-refractivity contribution in [1.29, 1.82) is 5.26 Å². The summed E-state index contributed by atoms with van der Waals surface area (Å²) in [6.45, 7) is 9.48. The fourth-order valence-corrected chi connectivity index (χ4v) is 2.53. The summed E-state index contributed by atoms with van der Waals surface area (Å²) in [5.41, 5.74) is 4.51. The van der Waals surface area contributed by atoms with Crippen LogP contribution in [0.25, 0.3) is 11.3 Å². The minimum Gasteiger partial charge on any atom is -0.566 e. The van der Waals surface area contributed by atoms with Gasteiger partial charge in [0.15, 0.2) is 5.76 Å². The van der Waals surface area contributed by atoms with Crippen molar-refractivity contribution in [1.82, 2.24) is 9.78 Å². The second kappa shape index (κ2) is 5.76. The van der Waals surface area contributed by atoms with Crippen LogP contribution in [0, 0.1) is 45.9 Å². The number of nitrogens with zero attached hydrogens (tertiary/aromatic N) is 3. The molecule has 112 valence electrons. The number of hydrogen-bond acceptors (Lipinski definition) is 4. The van der Waals surface area contributed by atoms with Gasteiger partial charge in [-0.3, -0.25) is 4.68 Å². The maximum Gasteiger partial charge on any atom is 0.374 e. The molecule has 22 heavy (non-hydrogen) atoms. The first kappa shape index (κ1) is 16.0. The highest BCUT2D eigenvalue weighted by Crippen LogP contribution is 2.34. The van der Waals surface area contributed by atoms with Crippen LogP contribution in [0.4, 0.5) is 0 Å². The lowest BCUT2D eigenvalue weighted by Crippen LogP contribution is -1.99. The average Bonchev–Trinajstić information content (AvgIpc) is 2.88. The van der Waals surface area contributed by atoms with Crippen molar-refractivity contribution >= 4 is 19.4 Å². The summed E-state index contributed by atoms with van der Waals surface area (Å²) in [6, 6.07) is 2.16. The molecule has 0 amide bonds. The van der Waals surface area contributed by atoms with Crippen molar-refractivity contribution in [3.05, 3.63) is 39.6 Å². The third-order valence-corrected chi connectivity index (χ3v) is 4.11. The number of hydrogen-bond donors (Lipinski definition) is 0. The molecular weight excluding hydrogens is 277 g/mol. The Morgan fingerprint density at radius 1 is 1.23 bits per heavy atom. The second-order valence-corrected chi connectivity index (χ2v) is 5.34.